The van der Waals surface area contributed by atoms with Crippen molar-refractivity contribution >= 4 is 12.0 Å². The predicted molar refractivity (Wildman–Crippen MR) is 56.9 cm³/mol. The van der Waals surface area contributed by atoms with E-state index in [0.717, 1.165) is 5.56 Å². The van der Waals surface area contributed by atoms with E-state index in [1.165, 1.54) is 6.08 Å². The van der Waals surface area contributed by atoms with E-state index < -0.39 is 0 Å². The molecule has 0 radical (unpaired) electrons. The molecule has 1 aromatic carbocycles. The highest BCUT2D eigenvalue weighted by atomic mass is 16.6. The Balaban J connectivity index is 2.50. The molecule has 0 aliphatic rings. The lowest BCUT2D eigenvalue weighted by Crippen LogP contribution is -2.20. The molecular formula is C11H13NO3. The van der Waals surface area contributed by atoms with Crippen LogP contribution in [0.5, 0.6) is 5.75 Å². The summed E-state index contributed by atoms with van der Waals surface area (Å²) in [6.07, 6.45) is 3.00. The Morgan fingerprint density at radius 1 is 1.47 bits per heavy atom. The Labute approximate surface area is 88.1 Å². The van der Waals surface area contributed by atoms with Crippen LogP contribution in [0.4, 0.5) is 0 Å². The first-order valence-electron chi connectivity index (χ1n) is 4.61. The van der Waals surface area contributed by atoms with E-state index >= 15 is 0 Å². The summed E-state index contributed by atoms with van der Waals surface area (Å²) in [5.74, 6) is -0.115. The molecule has 2 N–H and O–H groups in total. The summed E-state index contributed by atoms with van der Waals surface area (Å²) in [4.78, 5) is 15.8. The fourth-order valence-electron chi connectivity index (χ4n) is 0.935. The van der Waals surface area contributed by atoms with Crippen LogP contribution in [0.25, 0.3) is 6.08 Å². The number of phenols is 1. The maximum Gasteiger partial charge on any atom is 0.267 e. The highest BCUT2D eigenvalue weighted by Crippen LogP contribution is 2.10. The van der Waals surface area contributed by atoms with Crippen molar-refractivity contribution in [2.45, 2.75) is 6.92 Å². The zero-order valence-corrected chi connectivity index (χ0v) is 8.43. The molecule has 0 bridgehead atoms. The van der Waals surface area contributed by atoms with Crippen molar-refractivity contribution in [2.24, 2.45) is 0 Å². The van der Waals surface area contributed by atoms with Gasteiger partial charge >= 0.3 is 0 Å². The Kier molecular flexibility index (Phi) is 4.37. The number of amides is 1. The van der Waals surface area contributed by atoms with Crippen molar-refractivity contribution in [3.05, 3.63) is 35.9 Å². The van der Waals surface area contributed by atoms with Gasteiger partial charge in [0.25, 0.3) is 5.91 Å². The smallest absolute Gasteiger partial charge is 0.267 e. The van der Waals surface area contributed by atoms with Gasteiger partial charge in [0.2, 0.25) is 0 Å². The summed E-state index contributed by atoms with van der Waals surface area (Å²) in [7, 11) is 0. The topological polar surface area (TPSA) is 58.6 Å². The van der Waals surface area contributed by atoms with Crippen LogP contribution in [-0.2, 0) is 9.63 Å². The number of hydroxylamine groups is 1. The van der Waals surface area contributed by atoms with Crippen LogP contribution in [0, 0.1) is 0 Å². The van der Waals surface area contributed by atoms with Gasteiger partial charge in [-0.25, -0.2) is 5.48 Å². The number of aromatic hydroxyl groups is 1. The molecule has 0 aromatic heterocycles. The number of carbonyl (C=O) groups is 1. The largest absolute Gasteiger partial charge is 0.508 e. The van der Waals surface area contributed by atoms with Crippen LogP contribution >= 0.6 is 0 Å². The highest BCUT2D eigenvalue weighted by Gasteiger charge is 1.93. The molecule has 1 aromatic rings. The molecule has 4 heteroatoms. The zero-order chi connectivity index (χ0) is 11.1. The van der Waals surface area contributed by atoms with Crippen LogP contribution in [0.15, 0.2) is 30.3 Å². The number of rotatable bonds is 4. The maximum atomic E-state index is 11.1. The van der Waals surface area contributed by atoms with Crippen LogP contribution < -0.4 is 5.48 Å². The third-order valence-corrected chi connectivity index (χ3v) is 1.64. The highest BCUT2D eigenvalue weighted by molar-refractivity contribution is 5.90. The minimum Gasteiger partial charge on any atom is -0.508 e. The molecule has 0 atom stereocenters. The lowest BCUT2D eigenvalue weighted by molar-refractivity contribution is -0.127. The first kappa shape index (κ1) is 11.3. The second-order valence-electron chi connectivity index (χ2n) is 2.82. The molecule has 1 rings (SSSR count). The van der Waals surface area contributed by atoms with Gasteiger partial charge in [-0.1, -0.05) is 12.1 Å². The van der Waals surface area contributed by atoms with Crippen LogP contribution in [-0.4, -0.2) is 17.6 Å². The fourth-order valence-corrected chi connectivity index (χ4v) is 0.935. The summed E-state index contributed by atoms with van der Waals surface area (Å²) in [6, 6.07) is 6.53. The van der Waals surface area contributed by atoms with Crippen molar-refractivity contribution in [3.8, 4) is 5.75 Å². The molecule has 80 valence electrons. The SMILES string of the molecule is CCONC(=O)C=Cc1ccc(O)cc1. The minimum absolute atomic E-state index is 0.200. The van der Waals surface area contributed by atoms with E-state index in [-0.39, 0.29) is 11.7 Å². The maximum absolute atomic E-state index is 11.1. The quantitative estimate of drug-likeness (QED) is 0.580. The van der Waals surface area contributed by atoms with Crippen molar-refractivity contribution in [2.75, 3.05) is 6.61 Å². The number of benzene rings is 1. The van der Waals surface area contributed by atoms with Gasteiger partial charge in [-0.15, -0.1) is 0 Å². The Bertz CT molecular complexity index is 343. The van der Waals surface area contributed by atoms with E-state index in [1.807, 2.05) is 0 Å². The minimum atomic E-state index is -0.315. The van der Waals surface area contributed by atoms with E-state index in [9.17, 15) is 4.79 Å². The van der Waals surface area contributed by atoms with E-state index in [4.69, 9.17) is 9.94 Å². The summed E-state index contributed by atoms with van der Waals surface area (Å²) in [6.45, 7) is 2.21. The standard InChI is InChI=1S/C11H13NO3/c1-2-15-12-11(14)8-5-9-3-6-10(13)7-4-9/h3-8,13H,2H2,1H3,(H,12,14). The molecule has 0 aliphatic heterocycles. The van der Waals surface area contributed by atoms with Crippen molar-refractivity contribution in [1.29, 1.82) is 0 Å². The number of carbonyl (C=O) groups excluding carboxylic acids is 1. The van der Waals surface area contributed by atoms with E-state index in [2.05, 4.69) is 5.48 Å². The average Bonchev–Trinajstić information content (AvgIpc) is 2.25. The molecule has 0 saturated carbocycles. The Morgan fingerprint density at radius 2 is 2.13 bits per heavy atom. The molecule has 0 aliphatic carbocycles. The molecular weight excluding hydrogens is 194 g/mol. The molecule has 0 saturated heterocycles. The lowest BCUT2D eigenvalue weighted by atomic mass is 10.2. The summed E-state index contributed by atoms with van der Waals surface area (Å²) in [5.41, 5.74) is 3.07. The molecule has 1 amide bonds. The predicted octanol–water partition coefficient (Wildman–Crippen LogP) is 1.47. The number of nitrogens with one attached hydrogen (secondary N) is 1. The fraction of sp³-hybridized carbons (Fsp3) is 0.182. The number of hydrogen-bond donors (Lipinski definition) is 2. The molecule has 4 nitrogen and oxygen atoms in total. The molecule has 15 heavy (non-hydrogen) atoms. The van der Waals surface area contributed by atoms with Gasteiger partial charge in [-0.3, -0.25) is 9.63 Å². The first-order valence-corrected chi connectivity index (χ1v) is 4.61. The molecule has 0 spiro atoms. The summed E-state index contributed by atoms with van der Waals surface area (Å²) < 4.78 is 0. The molecule has 0 heterocycles. The van der Waals surface area contributed by atoms with Gasteiger partial charge in [0.05, 0.1) is 6.61 Å². The van der Waals surface area contributed by atoms with Crippen molar-refractivity contribution in [1.82, 2.24) is 5.48 Å². The van der Waals surface area contributed by atoms with E-state index in [0.29, 0.717) is 6.61 Å². The monoisotopic (exact) mass is 207 g/mol. The van der Waals surface area contributed by atoms with Gasteiger partial charge in [0.15, 0.2) is 0 Å². The zero-order valence-electron chi connectivity index (χ0n) is 8.43. The van der Waals surface area contributed by atoms with Gasteiger partial charge in [0.1, 0.15) is 5.75 Å². The third kappa shape index (κ3) is 4.28. The van der Waals surface area contributed by atoms with E-state index in [1.54, 1.807) is 37.3 Å². The van der Waals surface area contributed by atoms with Crippen molar-refractivity contribution in [3.63, 3.8) is 0 Å². The van der Waals surface area contributed by atoms with Gasteiger partial charge < -0.3 is 5.11 Å². The van der Waals surface area contributed by atoms with Crippen molar-refractivity contribution < 1.29 is 14.7 Å². The average molecular weight is 207 g/mol. The second kappa shape index (κ2) is 5.82. The van der Waals surface area contributed by atoms with Gasteiger partial charge in [-0.2, -0.15) is 0 Å². The van der Waals surface area contributed by atoms with Crippen LogP contribution in [0.2, 0.25) is 0 Å². The van der Waals surface area contributed by atoms with Crippen LogP contribution in [0.1, 0.15) is 12.5 Å². The summed E-state index contributed by atoms with van der Waals surface area (Å²) in [5, 5.41) is 9.03. The Hall–Kier alpha value is -1.81. The molecule has 0 unspecified atom stereocenters. The number of hydrogen-bond acceptors (Lipinski definition) is 3. The lowest BCUT2D eigenvalue weighted by Gasteiger charge is -1.98. The second-order valence-corrected chi connectivity index (χ2v) is 2.82. The summed E-state index contributed by atoms with van der Waals surface area (Å²) >= 11 is 0. The normalized spacial score (nSPS) is 10.5. The Morgan fingerprint density at radius 3 is 2.73 bits per heavy atom. The number of phenolic OH excluding ortho intramolecular Hbond substituents is 1. The molecule has 0 fully saturated rings. The van der Waals surface area contributed by atoms with Gasteiger partial charge in [-0.05, 0) is 30.7 Å². The van der Waals surface area contributed by atoms with Crippen LogP contribution in [0.3, 0.4) is 0 Å². The first-order chi connectivity index (χ1) is 7.22. The van der Waals surface area contributed by atoms with Gasteiger partial charge in [0, 0.05) is 6.08 Å². The third-order valence-electron chi connectivity index (χ3n) is 1.64.